The molecule has 2 atom stereocenters. The van der Waals surface area contributed by atoms with Gasteiger partial charge in [0.05, 0.1) is 12.5 Å². The number of rotatable bonds is 8. The molecule has 0 radical (unpaired) electrons. The van der Waals surface area contributed by atoms with Crippen molar-refractivity contribution in [1.82, 2.24) is 15.5 Å². The monoisotopic (exact) mass is 573 g/mol. The minimum Gasteiger partial charge on any atom is -0.369 e. The number of halogens is 2. The lowest BCUT2D eigenvalue weighted by Gasteiger charge is -2.26. The van der Waals surface area contributed by atoms with Gasteiger partial charge < -0.3 is 21.3 Å². The van der Waals surface area contributed by atoms with Crippen LogP contribution < -0.4 is 16.4 Å². The van der Waals surface area contributed by atoms with E-state index in [4.69, 9.17) is 5.73 Å². The van der Waals surface area contributed by atoms with E-state index in [0.717, 1.165) is 44.2 Å². The van der Waals surface area contributed by atoms with Crippen molar-refractivity contribution in [2.45, 2.75) is 57.9 Å². The minimum absolute atomic E-state index is 0. The molecule has 1 saturated carbocycles. The summed E-state index contributed by atoms with van der Waals surface area (Å²) >= 11 is 0. The number of benzene rings is 1. The van der Waals surface area contributed by atoms with Crippen LogP contribution in [-0.2, 0) is 16.0 Å². The molecule has 1 aromatic rings. The van der Waals surface area contributed by atoms with Crippen molar-refractivity contribution in [3.8, 4) is 0 Å². The molecule has 2 amide bonds. The Kier molecular flexibility index (Phi) is 11.4. The molecule has 2 fully saturated rings. The number of nitrogens with one attached hydrogen (secondary N) is 2. The number of hydrogen-bond donors (Lipinski definition) is 3. The van der Waals surface area contributed by atoms with E-state index in [2.05, 4.69) is 15.6 Å². The second-order valence-corrected chi connectivity index (χ2v) is 8.90. The van der Waals surface area contributed by atoms with E-state index in [1.54, 1.807) is 12.1 Å². The Morgan fingerprint density at radius 2 is 1.88 bits per heavy atom. The Bertz CT molecular complexity index is 799. The van der Waals surface area contributed by atoms with E-state index < -0.39 is 11.8 Å². The number of nitrogens with two attached hydrogens (primary N) is 1. The van der Waals surface area contributed by atoms with Crippen molar-refractivity contribution in [3.05, 3.63) is 35.6 Å². The summed E-state index contributed by atoms with van der Waals surface area (Å²) in [4.78, 5) is 31.3. The third-order valence-electron chi connectivity index (χ3n) is 6.41. The average Bonchev–Trinajstić information content (AvgIpc) is 3.26. The molecule has 3 rings (SSSR count). The quantitative estimate of drug-likeness (QED) is 0.253. The molecule has 2 unspecified atom stereocenters. The lowest BCUT2D eigenvalue weighted by atomic mass is 9.88. The molecule has 0 aromatic heterocycles. The molecule has 0 bridgehead atoms. The molecule has 7 nitrogen and oxygen atoms in total. The van der Waals surface area contributed by atoms with Gasteiger partial charge in [-0.1, -0.05) is 31.4 Å². The number of primary amides is 1. The summed E-state index contributed by atoms with van der Waals surface area (Å²) in [6, 6.07) is 6.21. The summed E-state index contributed by atoms with van der Waals surface area (Å²) in [6.45, 7) is 4.34. The van der Waals surface area contributed by atoms with E-state index >= 15 is 0 Å². The van der Waals surface area contributed by atoms with E-state index in [1.807, 2.05) is 11.8 Å². The maximum absolute atomic E-state index is 13.1. The van der Waals surface area contributed by atoms with Crippen molar-refractivity contribution in [2.75, 3.05) is 26.2 Å². The van der Waals surface area contributed by atoms with Gasteiger partial charge in [0, 0.05) is 31.6 Å². The number of nitrogens with zero attached hydrogens (tertiary/aromatic N) is 2. The summed E-state index contributed by atoms with van der Waals surface area (Å²) in [7, 11) is 0. The number of carbonyl (C=O) groups excluding carboxylic acids is 2. The number of carbonyl (C=O) groups is 2. The predicted octanol–water partition coefficient (Wildman–Crippen LogP) is 2.82. The molecular weight excluding hydrogens is 536 g/mol. The van der Waals surface area contributed by atoms with Crippen LogP contribution in [0.1, 0.15) is 51.0 Å². The van der Waals surface area contributed by atoms with Gasteiger partial charge in [-0.2, -0.15) is 0 Å². The highest BCUT2D eigenvalue weighted by atomic mass is 127. The van der Waals surface area contributed by atoms with Gasteiger partial charge in [-0.05, 0) is 50.3 Å². The van der Waals surface area contributed by atoms with E-state index in [0.29, 0.717) is 31.4 Å². The standard InChI is InChI=1S/C24H36FN5O2.HI/c1-2-27-24(28-15-19(22(26)31)14-17-8-10-20(25)11-9-17)29-21-12-13-30(16-21)23(32)18-6-4-3-5-7-18;/h8-11,18-19,21H,2-7,12-16H2,1H3,(H2,26,31)(H2,27,28,29);1H. The van der Waals surface area contributed by atoms with Gasteiger partial charge in [-0.3, -0.25) is 14.6 Å². The fourth-order valence-electron chi connectivity index (χ4n) is 4.56. The van der Waals surface area contributed by atoms with Crippen molar-refractivity contribution in [3.63, 3.8) is 0 Å². The van der Waals surface area contributed by atoms with Gasteiger partial charge in [-0.15, -0.1) is 24.0 Å². The molecule has 1 aliphatic heterocycles. The zero-order valence-electron chi connectivity index (χ0n) is 19.4. The predicted molar refractivity (Wildman–Crippen MR) is 139 cm³/mol. The highest BCUT2D eigenvalue weighted by Gasteiger charge is 2.31. The molecule has 9 heteroatoms. The Hall–Kier alpha value is -1.91. The van der Waals surface area contributed by atoms with Gasteiger partial charge >= 0.3 is 0 Å². The molecule has 1 saturated heterocycles. The number of amides is 2. The van der Waals surface area contributed by atoms with Crippen molar-refractivity contribution < 1.29 is 14.0 Å². The average molecular weight is 573 g/mol. The Morgan fingerprint density at radius 1 is 1.18 bits per heavy atom. The molecule has 1 aliphatic carbocycles. The van der Waals surface area contributed by atoms with Crippen molar-refractivity contribution >= 4 is 41.8 Å². The molecule has 4 N–H and O–H groups in total. The summed E-state index contributed by atoms with van der Waals surface area (Å²) in [5, 5.41) is 6.63. The van der Waals surface area contributed by atoms with Crippen molar-refractivity contribution in [2.24, 2.45) is 22.6 Å². The van der Waals surface area contributed by atoms with Crippen LogP contribution in [-0.4, -0.2) is 54.9 Å². The normalized spacial score (nSPS) is 20.1. The van der Waals surface area contributed by atoms with Crippen LogP contribution in [0.5, 0.6) is 0 Å². The first-order chi connectivity index (χ1) is 15.5. The maximum atomic E-state index is 13.1. The van der Waals surface area contributed by atoms with E-state index in [9.17, 15) is 14.0 Å². The first-order valence-corrected chi connectivity index (χ1v) is 11.8. The fraction of sp³-hybridized carbons (Fsp3) is 0.625. The van der Waals surface area contributed by atoms with E-state index in [-0.39, 0.29) is 48.3 Å². The zero-order chi connectivity index (χ0) is 22.9. The van der Waals surface area contributed by atoms with Crippen LogP contribution in [0.3, 0.4) is 0 Å². The second-order valence-electron chi connectivity index (χ2n) is 8.90. The smallest absolute Gasteiger partial charge is 0.225 e. The Balaban J connectivity index is 0.00000385. The van der Waals surface area contributed by atoms with Crippen LogP contribution in [0, 0.1) is 17.7 Å². The molecule has 2 aliphatic rings. The fourth-order valence-corrected chi connectivity index (χ4v) is 4.56. The number of aliphatic imine (C=N–C) groups is 1. The molecule has 184 valence electrons. The molecule has 1 aromatic carbocycles. The van der Waals surface area contributed by atoms with Crippen LogP contribution in [0.15, 0.2) is 29.3 Å². The highest BCUT2D eigenvalue weighted by molar-refractivity contribution is 14.0. The first-order valence-electron chi connectivity index (χ1n) is 11.8. The van der Waals surface area contributed by atoms with Gasteiger partial charge in [0.2, 0.25) is 11.8 Å². The SMILES string of the molecule is CCNC(=NCC(Cc1ccc(F)cc1)C(N)=O)NC1CCN(C(=O)C2CCCCC2)C1.I. The van der Waals surface area contributed by atoms with Crippen LogP contribution in [0.4, 0.5) is 4.39 Å². The summed E-state index contributed by atoms with van der Waals surface area (Å²) in [6.07, 6.45) is 6.86. The van der Waals surface area contributed by atoms with Gasteiger partial charge in [0.25, 0.3) is 0 Å². The maximum Gasteiger partial charge on any atom is 0.225 e. The zero-order valence-corrected chi connectivity index (χ0v) is 21.7. The van der Waals surface area contributed by atoms with Crippen molar-refractivity contribution in [1.29, 1.82) is 0 Å². The molecular formula is C24H37FIN5O2. The molecule has 33 heavy (non-hydrogen) atoms. The first kappa shape index (κ1) is 27.3. The third-order valence-corrected chi connectivity index (χ3v) is 6.41. The Morgan fingerprint density at radius 3 is 2.52 bits per heavy atom. The number of hydrogen-bond acceptors (Lipinski definition) is 3. The van der Waals surface area contributed by atoms with Gasteiger partial charge in [0.1, 0.15) is 5.82 Å². The number of guanidine groups is 1. The van der Waals surface area contributed by atoms with Crippen LogP contribution >= 0.6 is 24.0 Å². The second kappa shape index (κ2) is 13.7. The largest absolute Gasteiger partial charge is 0.369 e. The summed E-state index contributed by atoms with van der Waals surface area (Å²) < 4.78 is 13.1. The number of likely N-dealkylation sites (tertiary alicyclic amines) is 1. The summed E-state index contributed by atoms with van der Waals surface area (Å²) in [5.41, 5.74) is 6.44. The van der Waals surface area contributed by atoms with Crippen LogP contribution in [0.25, 0.3) is 0 Å². The topological polar surface area (TPSA) is 99.8 Å². The van der Waals surface area contributed by atoms with Gasteiger partial charge in [0.15, 0.2) is 5.96 Å². The third kappa shape index (κ3) is 8.42. The molecule has 1 heterocycles. The van der Waals surface area contributed by atoms with Crippen LogP contribution in [0.2, 0.25) is 0 Å². The lowest BCUT2D eigenvalue weighted by Crippen LogP contribution is -2.46. The molecule has 0 spiro atoms. The minimum atomic E-state index is -0.483. The Labute approximate surface area is 213 Å². The summed E-state index contributed by atoms with van der Waals surface area (Å²) in [5.74, 6) is -0.123. The van der Waals surface area contributed by atoms with Gasteiger partial charge in [-0.25, -0.2) is 4.39 Å². The van der Waals surface area contributed by atoms with E-state index in [1.165, 1.54) is 18.6 Å². The lowest BCUT2D eigenvalue weighted by molar-refractivity contribution is -0.135. The highest BCUT2D eigenvalue weighted by Crippen LogP contribution is 2.26.